The zero-order valence-corrected chi connectivity index (χ0v) is 14.6. The number of unbranched alkanes of at least 4 members (excludes halogenated alkanes) is 1. The lowest BCUT2D eigenvalue weighted by molar-refractivity contribution is -0.120. The second kappa shape index (κ2) is 8.06. The average Bonchev–Trinajstić information content (AvgIpc) is 2.74. The van der Waals surface area contributed by atoms with Crippen LogP contribution in [0, 0.1) is 5.92 Å². The molecule has 0 spiro atoms. The first kappa shape index (κ1) is 17.5. The van der Waals surface area contributed by atoms with Crippen molar-refractivity contribution < 1.29 is 4.79 Å². The van der Waals surface area contributed by atoms with Crippen molar-refractivity contribution in [3.63, 3.8) is 0 Å². The summed E-state index contributed by atoms with van der Waals surface area (Å²) in [6, 6.07) is 0. The van der Waals surface area contributed by atoms with Gasteiger partial charge in [0.1, 0.15) is 4.75 Å². The van der Waals surface area contributed by atoms with Crippen molar-refractivity contribution in [3.05, 3.63) is 0 Å². The second-order valence-corrected chi connectivity index (χ2v) is 7.38. The molecule has 0 saturated carbocycles. The van der Waals surface area contributed by atoms with Crippen LogP contribution in [-0.2, 0) is 4.79 Å². The summed E-state index contributed by atoms with van der Waals surface area (Å²) in [4.78, 5) is 18.8. The van der Waals surface area contributed by atoms with Crippen LogP contribution in [0.15, 0.2) is 4.99 Å². The first-order valence-electron chi connectivity index (χ1n) is 8.02. The molecule has 0 radical (unpaired) electrons. The Morgan fingerprint density at radius 3 is 2.55 bits per heavy atom. The molecule has 2 atom stereocenters. The maximum atomic E-state index is 12.3. The predicted octanol–water partition coefficient (Wildman–Crippen LogP) is 4.32. The van der Waals surface area contributed by atoms with Crippen molar-refractivity contribution in [3.8, 4) is 0 Å². The summed E-state index contributed by atoms with van der Waals surface area (Å²) in [6.07, 6.45) is 6.50. The molecule has 0 aliphatic carbocycles. The Kier molecular flexibility index (Phi) is 7.07. The highest BCUT2D eigenvalue weighted by Gasteiger charge is 2.44. The number of hydrogen-bond donors (Lipinski definition) is 0. The molecule has 2 unspecified atom stereocenters. The highest BCUT2D eigenvalue weighted by atomic mass is 32.2. The van der Waals surface area contributed by atoms with E-state index < -0.39 is 0 Å². The summed E-state index contributed by atoms with van der Waals surface area (Å²) < 4.78 is -0.284. The lowest BCUT2D eigenvalue weighted by Crippen LogP contribution is -2.32. The van der Waals surface area contributed by atoms with Gasteiger partial charge in [-0.1, -0.05) is 58.7 Å². The monoisotopic (exact) mass is 298 g/mol. The number of amides is 1. The van der Waals surface area contributed by atoms with Gasteiger partial charge in [-0.3, -0.25) is 4.79 Å². The number of nitrogens with zero attached hydrogens (tertiary/aromatic N) is 2. The predicted molar refractivity (Wildman–Crippen MR) is 89.3 cm³/mol. The van der Waals surface area contributed by atoms with Gasteiger partial charge in [-0.2, -0.15) is 4.99 Å². The third-order valence-corrected chi connectivity index (χ3v) is 5.72. The lowest BCUT2D eigenvalue weighted by atomic mass is 9.97. The van der Waals surface area contributed by atoms with Crippen molar-refractivity contribution in [2.24, 2.45) is 10.9 Å². The van der Waals surface area contributed by atoms with Gasteiger partial charge in [0.05, 0.1) is 0 Å². The Balaban J connectivity index is 2.65. The number of aliphatic imine (C=N–C) groups is 1. The number of amidine groups is 1. The van der Waals surface area contributed by atoms with E-state index in [4.69, 9.17) is 0 Å². The van der Waals surface area contributed by atoms with Crippen LogP contribution in [0.4, 0.5) is 0 Å². The standard InChI is InChI=1S/C16H30N2OS/c1-6-9-11-16(8-3)14(19)17-15(20-16)18(5)12-13(4)10-7-2/h13H,6-12H2,1-5H3. The van der Waals surface area contributed by atoms with Crippen LogP contribution in [0.2, 0.25) is 0 Å². The first-order chi connectivity index (χ1) is 9.49. The zero-order chi connectivity index (χ0) is 15.2. The lowest BCUT2D eigenvalue weighted by Gasteiger charge is -2.26. The van der Waals surface area contributed by atoms with E-state index in [-0.39, 0.29) is 10.7 Å². The Labute approximate surface area is 128 Å². The van der Waals surface area contributed by atoms with Crippen molar-refractivity contribution in [2.45, 2.75) is 71.0 Å². The summed E-state index contributed by atoms with van der Waals surface area (Å²) in [6.45, 7) is 9.76. The second-order valence-electron chi connectivity index (χ2n) is 6.03. The molecule has 0 N–H and O–H groups in total. The normalized spacial score (nSPS) is 23.9. The van der Waals surface area contributed by atoms with E-state index in [1.165, 1.54) is 12.8 Å². The van der Waals surface area contributed by atoms with E-state index in [1.807, 2.05) is 0 Å². The Hall–Kier alpha value is -0.510. The highest BCUT2D eigenvalue weighted by Crippen LogP contribution is 2.41. The molecule has 0 aromatic heterocycles. The molecule has 1 heterocycles. The van der Waals surface area contributed by atoms with Crippen LogP contribution in [-0.4, -0.2) is 34.3 Å². The Bertz CT molecular complexity index is 356. The fourth-order valence-corrected chi connectivity index (χ4v) is 3.98. The third kappa shape index (κ3) is 4.24. The van der Waals surface area contributed by atoms with Crippen LogP contribution >= 0.6 is 11.8 Å². The number of thioether (sulfide) groups is 1. The van der Waals surface area contributed by atoms with Gasteiger partial charge in [0.25, 0.3) is 5.91 Å². The van der Waals surface area contributed by atoms with E-state index in [0.717, 1.165) is 37.4 Å². The van der Waals surface area contributed by atoms with Gasteiger partial charge in [0, 0.05) is 13.6 Å². The fraction of sp³-hybridized carbons (Fsp3) is 0.875. The van der Waals surface area contributed by atoms with Crippen LogP contribution in [0.3, 0.4) is 0 Å². The summed E-state index contributed by atoms with van der Waals surface area (Å²) in [5, 5.41) is 0.927. The molecular weight excluding hydrogens is 268 g/mol. The minimum absolute atomic E-state index is 0.0865. The SMILES string of the molecule is CCCCC1(CC)SC(N(C)CC(C)CCC)=NC1=O. The third-order valence-electron chi connectivity index (χ3n) is 4.07. The van der Waals surface area contributed by atoms with Gasteiger partial charge in [-0.05, 0) is 25.2 Å². The molecule has 0 fully saturated rings. The number of carbonyl (C=O) groups excluding carboxylic acids is 1. The topological polar surface area (TPSA) is 32.7 Å². The molecule has 1 rings (SSSR count). The van der Waals surface area contributed by atoms with Crippen molar-refractivity contribution in [1.29, 1.82) is 0 Å². The number of carbonyl (C=O) groups is 1. The molecule has 3 nitrogen and oxygen atoms in total. The van der Waals surface area contributed by atoms with E-state index in [0.29, 0.717) is 5.92 Å². The quantitative estimate of drug-likeness (QED) is 0.669. The molecular formula is C16H30N2OS. The molecule has 1 aliphatic rings. The summed E-state index contributed by atoms with van der Waals surface area (Å²) >= 11 is 1.70. The molecule has 4 heteroatoms. The molecule has 0 bridgehead atoms. The van der Waals surface area contributed by atoms with Gasteiger partial charge in [0.2, 0.25) is 0 Å². The Morgan fingerprint density at radius 1 is 1.30 bits per heavy atom. The summed E-state index contributed by atoms with van der Waals surface area (Å²) in [7, 11) is 2.07. The van der Waals surface area contributed by atoms with Gasteiger partial charge in [-0.15, -0.1) is 0 Å². The summed E-state index contributed by atoms with van der Waals surface area (Å²) in [5.41, 5.74) is 0. The molecule has 1 aliphatic heterocycles. The molecule has 0 saturated heterocycles. The van der Waals surface area contributed by atoms with Crippen LogP contribution in [0.1, 0.15) is 66.2 Å². The van der Waals surface area contributed by atoms with Crippen LogP contribution < -0.4 is 0 Å². The van der Waals surface area contributed by atoms with E-state index in [2.05, 4.69) is 44.6 Å². The molecule has 0 aromatic rings. The van der Waals surface area contributed by atoms with Gasteiger partial charge >= 0.3 is 0 Å². The summed E-state index contributed by atoms with van der Waals surface area (Å²) in [5.74, 6) is 0.735. The fourth-order valence-electron chi connectivity index (χ4n) is 2.74. The van der Waals surface area contributed by atoms with Crippen molar-refractivity contribution in [2.75, 3.05) is 13.6 Å². The molecule has 116 valence electrons. The Morgan fingerprint density at radius 2 is 2.00 bits per heavy atom. The first-order valence-corrected chi connectivity index (χ1v) is 8.84. The highest BCUT2D eigenvalue weighted by molar-refractivity contribution is 8.16. The zero-order valence-electron chi connectivity index (χ0n) is 13.7. The van der Waals surface area contributed by atoms with Crippen molar-refractivity contribution >= 4 is 22.8 Å². The van der Waals surface area contributed by atoms with E-state index in [1.54, 1.807) is 11.8 Å². The molecule has 0 aromatic carbocycles. The molecule has 1 amide bonds. The minimum Gasteiger partial charge on any atom is -0.354 e. The van der Waals surface area contributed by atoms with Crippen molar-refractivity contribution in [1.82, 2.24) is 4.90 Å². The van der Waals surface area contributed by atoms with Crippen LogP contribution in [0.25, 0.3) is 0 Å². The molecule has 20 heavy (non-hydrogen) atoms. The smallest absolute Gasteiger partial charge is 0.264 e. The van der Waals surface area contributed by atoms with Gasteiger partial charge in [0.15, 0.2) is 5.17 Å². The maximum absolute atomic E-state index is 12.3. The largest absolute Gasteiger partial charge is 0.354 e. The average molecular weight is 298 g/mol. The minimum atomic E-state index is -0.284. The number of rotatable bonds is 8. The number of hydrogen-bond acceptors (Lipinski definition) is 3. The van der Waals surface area contributed by atoms with Crippen LogP contribution in [0.5, 0.6) is 0 Å². The van der Waals surface area contributed by atoms with E-state index in [9.17, 15) is 4.79 Å². The van der Waals surface area contributed by atoms with Gasteiger partial charge < -0.3 is 4.90 Å². The maximum Gasteiger partial charge on any atom is 0.264 e. The van der Waals surface area contributed by atoms with E-state index >= 15 is 0 Å². The van der Waals surface area contributed by atoms with Gasteiger partial charge in [-0.25, -0.2) is 0 Å².